The fourth-order valence-electron chi connectivity index (χ4n) is 1.21. The van der Waals surface area contributed by atoms with Crippen molar-refractivity contribution >= 4 is 33.2 Å². The fraction of sp³-hybridized carbons (Fsp3) is 0.400. The average Bonchev–Trinajstić information content (AvgIpc) is 2.31. The summed E-state index contributed by atoms with van der Waals surface area (Å²) in [5.41, 5.74) is 0. The highest BCUT2D eigenvalue weighted by atomic mass is 35.5. The first-order chi connectivity index (χ1) is 8.30. The molecule has 1 unspecified atom stereocenters. The summed E-state index contributed by atoms with van der Waals surface area (Å²) in [5, 5.41) is 8.69. The average molecular weight is 308 g/mol. The van der Waals surface area contributed by atoms with Gasteiger partial charge in [0.1, 0.15) is 10.0 Å². The van der Waals surface area contributed by atoms with Crippen LogP contribution in [0.3, 0.4) is 0 Å². The van der Waals surface area contributed by atoms with Gasteiger partial charge in [-0.25, -0.2) is 13.4 Å². The van der Waals surface area contributed by atoms with E-state index in [2.05, 4.69) is 4.98 Å². The Morgan fingerprint density at radius 3 is 2.67 bits per heavy atom. The van der Waals surface area contributed by atoms with E-state index in [0.717, 1.165) is 10.5 Å². The molecule has 0 saturated heterocycles. The molecule has 0 N–H and O–H groups in total. The highest BCUT2D eigenvalue weighted by Gasteiger charge is 2.26. The van der Waals surface area contributed by atoms with Crippen LogP contribution >= 0.6 is 23.2 Å². The Morgan fingerprint density at radius 2 is 2.17 bits per heavy atom. The second kappa shape index (κ2) is 5.85. The van der Waals surface area contributed by atoms with Crippen LogP contribution in [0.15, 0.2) is 17.2 Å². The molecule has 18 heavy (non-hydrogen) atoms. The van der Waals surface area contributed by atoms with Crippen molar-refractivity contribution < 1.29 is 8.42 Å². The Labute approximate surface area is 116 Å². The molecule has 0 aliphatic carbocycles. The van der Waals surface area contributed by atoms with Crippen LogP contribution in [0.4, 0.5) is 0 Å². The zero-order valence-electron chi connectivity index (χ0n) is 9.76. The van der Waals surface area contributed by atoms with Gasteiger partial charge in [0.05, 0.1) is 17.5 Å². The number of nitriles is 1. The molecule has 0 amide bonds. The molecular formula is C10H11Cl2N3O2S. The lowest BCUT2D eigenvalue weighted by molar-refractivity contribution is 0.393. The first kappa shape index (κ1) is 15.2. The number of nitrogens with zero attached hydrogens (tertiary/aromatic N) is 3. The van der Waals surface area contributed by atoms with Crippen molar-refractivity contribution in [3.8, 4) is 6.07 Å². The molecule has 98 valence electrons. The highest BCUT2D eigenvalue weighted by molar-refractivity contribution is 7.89. The zero-order chi connectivity index (χ0) is 13.9. The Hall–Kier alpha value is -0.870. The highest BCUT2D eigenvalue weighted by Crippen LogP contribution is 2.24. The Kier molecular flexibility index (Phi) is 4.93. The Morgan fingerprint density at radius 1 is 1.56 bits per heavy atom. The van der Waals surface area contributed by atoms with Gasteiger partial charge in [-0.05, 0) is 13.0 Å². The summed E-state index contributed by atoms with van der Waals surface area (Å²) in [5.74, 6) is 0. The third-order valence-electron chi connectivity index (χ3n) is 2.46. The van der Waals surface area contributed by atoms with E-state index in [4.69, 9.17) is 28.5 Å². The number of halogens is 2. The predicted octanol–water partition coefficient (Wildman–Crippen LogP) is 2.31. The van der Waals surface area contributed by atoms with Gasteiger partial charge >= 0.3 is 0 Å². The van der Waals surface area contributed by atoms with Crippen molar-refractivity contribution in [2.75, 3.05) is 7.05 Å². The first-order valence-corrected chi connectivity index (χ1v) is 7.16. The largest absolute Gasteiger partial charge is 0.244 e. The van der Waals surface area contributed by atoms with Gasteiger partial charge in [-0.3, -0.25) is 0 Å². The molecule has 1 heterocycles. The molecule has 0 fully saturated rings. The molecule has 0 saturated carbocycles. The number of rotatable bonds is 4. The third-order valence-corrected chi connectivity index (χ3v) is 5.08. The molecule has 0 radical (unpaired) electrons. The van der Waals surface area contributed by atoms with Crippen molar-refractivity contribution in [3.63, 3.8) is 0 Å². The monoisotopic (exact) mass is 307 g/mol. The maximum absolute atomic E-state index is 12.2. The van der Waals surface area contributed by atoms with E-state index < -0.39 is 16.1 Å². The number of hydrogen-bond acceptors (Lipinski definition) is 4. The minimum Gasteiger partial charge on any atom is -0.242 e. The molecule has 8 heteroatoms. The summed E-state index contributed by atoms with van der Waals surface area (Å²) in [6.45, 7) is 1.64. The summed E-state index contributed by atoms with van der Waals surface area (Å²) in [6.07, 6.45) is 1.24. The van der Waals surface area contributed by atoms with Gasteiger partial charge in [0.25, 0.3) is 0 Å². The third kappa shape index (κ3) is 3.12. The lowest BCUT2D eigenvalue weighted by Gasteiger charge is -2.22. The van der Waals surface area contributed by atoms with Crippen LogP contribution in [-0.2, 0) is 10.0 Å². The standard InChI is InChI=1S/C10H11Cl2N3O2S/c1-7(3-4-13)15(2)18(16,17)8-5-9(11)10(12)14-6-8/h5-7H,3H2,1-2H3. The minimum atomic E-state index is -3.72. The number of pyridine rings is 1. The normalized spacial score (nSPS) is 13.3. The number of hydrogen-bond donors (Lipinski definition) is 0. The van der Waals surface area contributed by atoms with Gasteiger partial charge in [-0.1, -0.05) is 23.2 Å². The first-order valence-electron chi connectivity index (χ1n) is 4.96. The molecule has 5 nitrogen and oxygen atoms in total. The van der Waals surface area contributed by atoms with Crippen molar-refractivity contribution in [3.05, 3.63) is 22.4 Å². The molecule has 0 aliphatic heterocycles. The number of sulfonamides is 1. The predicted molar refractivity (Wildman–Crippen MR) is 68.9 cm³/mol. The quantitative estimate of drug-likeness (QED) is 0.800. The van der Waals surface area contributed by atoms with Crippen molar-refractivity contribution in [2.45, 2.75) is 24.3 Å². The van der Waals surface area contributed by atoms with Gasteiger partial charge in [-0.2, -0.15) is 9.57 Å². The van der Waals surface area contributed by atoms with E-state index in [-0.39, 0.29) is 21.5 Å². The van der Waals surface area contributed by atoms with Crippen molar-refractivity contribution in [2.24, 2.45) is 0 Å². The molecule has 1 aromatic heterocycles. The molecular weight excluding hydrogens is 297 g/mol. The molecule has 1 aromatic rings. The maximum atomic E-state index is 12.2. The summed E-state index contributed by atoms with van der Waals surface area (Å²) in [4.78, 5) is 3.64. The maximum Gasteiger partial charge on any atom is 0.244 e. The van der Waals surface area contributed by atoms with Gasteiger partial charge in [0, 0.05) is 19.3 Å². The van der Waals surface area contributed by atoms with E-state index in [1.54, 1.807) is 6.92 Å². The Balaban J connectivity index is 3.14. The van der Waals surface area contributed by atoms with Crippen LogP contribution in [0, 0.1) is 11.3 Å². The Bertz CT molecular complexity index is 583. The zero-order valence-corrected chi connectivity index (χ0v) is 12.1. The van der Waals surface area contributed by atoms with Crippen LogP contribution in [0.1, 0.15) is 13.3 Å². The second-order valence-electron chi connectivity index (χ2n) is 3.68. The number of aromatic nitrogens is 1. The molecule has 0 spiro atoms. The van der Waals surface area contributed by atoms with Crippen LogP contribution in [-0.4, -0.2) is 30.8 Å². The van der Waals surface area contributed by atoms with Gasteiger partial charge in [0.15, 0.2) is 0 Å². The van der Waals surface area contributed by atoms with Crippen LogP contribution in [0.2, 0.25) is 10.2 Å². The topological polar surface area (TPSA) is 74.1 Å². The summed E-state index contributed by atoms with van der Waals surface area (Å²) in [7, 11) is -2.32. The van der Waals surface area contributed by atoms with Crippen LogP contribution < -0.4 is 0 Å². The second-order valence-corrected chi connectivity index (χ2v) is 6.44. The molecule has 1 atom stereocenters. The lowest BCUT2D eigenvalue weighted by atomic mass is 10.3. The van der Waals surface area contributed by atoms with Gasteiger partial charge < -0.3 is 0 Å². The van der Waals surface area contributed by atoms with E-state index >= 15 is 0 Å². The van der Waals surface area contributed by atoms with Crippen LogP contribution in [0.5, 0.6) is 0 Å². The summed E-state index contributed by atoms with van der Waals surface area (Å²) < 4.78 is 25.5. The summed E-state index contributed by atoms with van der Waals surface area (Å²) >= 11 is 11.4. The van der Waals surface area contributed by atoms with E-state index in [0.29, 0.717) is 0 Å². The molecule has 0 aromatic carbocycles. The molecule has 1 rings (SSSR count). The SMILES string of the molecule is CC(CC#N)N(C)S(=O)(=O)c1cnc(Cl)c(Cl)c1. The molecule has 0 bridgehead atoms. The lowest BCUT2D eigenvalue weighted by Crippen LogP contribution is -2.34. The van der Waals surface area contributed by atoms with Gasteiger partial charge in [-0.15, -0.1) is 0 Å². The van der Waals surface area contributed by atoms with Crippen molar-refractivity contribution in [1.29, 1.82) is 5.26 Å². The van der Waals surface area contributed by atoms with E-state index in [9.17, 15) is 8.42 Å². The van der Waals surface area contributed by atoms with Crippen LogP contribution in [0.25, 0.3) is 0 Å². The summed E-state index contributed by atoms with van der Waals surface area (Å²) in [6, 6.07) is 2.73. The van der Waals surface area contributed by atoms with E-state index in [1.807, 2.05) is 6.07 Å². The van der Waals surface area contributed by atoms with Gasteiger partial charge in [0.2, 0.25) is 10.0 Å². The fourth-order valence-corrected chi connectivity index (χ4v) is 2.88. The molecule has 0 aliphatic rings. The minimum absolute atomic E-state index is 0.0448. The van der Waals surface area contributed by atoms with Crippen molar-refractivity contribution in [1.82, 2.24) is 9.29 Å². The smallest absolute Gasteiger partial charge is 0.242 e. The van der Waals surface area contributed by atoms with E-state index in [1.165, 1.54) is 13.1 Å².